The fourth-order valence-corrected chi connectivity index (χ4v) is 3.71. The van der Waals surface area contributed by atoms with Crippen molar-refractivity contribution >= 4 is 21.6 Å². The molecule has 1 saturated heterocycles. The average Bonchev–Trinajstić information content (AvgIpc) is 3.04. The second-order valence-electron chi connectivity index (χ2n) is 5.96. The Morgan fingerprint density at radius 2 is 1.79 bits per heavy atom. The van der Waals surface area contributed by atoms with Crippen molar-refractivity contribution in [2.24, 2.45) is 0 Å². The van der Waals surface area contributed by atoms with E-state index < -0.39 is 0 Å². The number of aromatic nitrogens is 1. The topological polar surface area (TPSA) is 39.5 Å². The number of fused-ring (bicyclic) bond motifs is 1. The minimum Gasteiger partial charge on any atom is -0.431 e. The smallest absolute Gasteiger partial charge is 0.279 e. The highest BCUT2D eigenvalue weighted by molar-refractivity contribution is 7.20. The molecular formula is C19H20N3OS. The zero-order chi connectivity index (χ0) is 16.2. The third-order valence-electron chi connectivity index (χ3n) is 4.27. The summed E-state index contributed by atoms with van der Waals surface area (Å²) in [6.07, 6.45) is 1.07. The standard InChI is InChI=1S/C19H20N3OS/c1-2-4-18-17(3-1)21-19(24-18)23-16-7-5-15(6-8-16)9-12-22-13-10-20-11-14-22/h1-8H,9-14H2. The highest BCUT2D eigenvalue weighted by atomic mass is 32.1. The largest absolute Gasteiger partial charge is 0.431 e. The lowest BCUT2D eigenvalue weighted by atomic mass is 10.1. The van der Waals surface area contributed by atoms with E-state index in [1.165, 1.54) is 5.56 Å². The number of nitrogens with zero attached hydrogens (tertiary/aromatic N) is 3. The van der Waals surface area contributed by atoms with Crippen molar-refractivity contribution in [3.8, 4) is 10.9 Å². The van der Waals surface area contributed by atoms with Gasteiger partial charge in [0.15, 0.2) is 0 Å². The quantitative estimate of drug-likeness (QED) is 0.714. The van der Waals surface area contributed by atoms with E-state index in [2.05, 4.69) is 33.4 Å². The number of ether oxygens (including phenoxy) is 1. The molecule has 0 spiro atoms. The first-order chi connectivity index (χ1) is 11.9. The molecule has 0 bridgehead atoms. The summed E-state index contributed by atoms with van der Waals surface area (Å²) >= 11 is 1.58. The summed E-state index contributed by atoms with van der Waals surface area (Å²) in [6.45, 7) is 5.26. The highest BCUT2D eigenvalue weighted by Gasteiger charge is 2.10. The number of piperazine rings is 1. The van der Waals surface area contributed by atoms with Crippen LogP contribution in [0.1, 0.15) is 5.56 Å². The predicted octanol–water partition coefficient (Wildman–Crippen LogP) is 3.55. The first kappa shape index (κ1) is 15.6. The van der Waals surface area contributed by atoms with E-state index in [1.807, 2.05) is 30.3 Å². The number of para-hydroxylation sites is 1. The number of hydrogen-bond donors (Lipinski definition) is 0. The predicted molar refractivity (Wildman–Crippen MR) is 98.1 cm³/mol. The van der Waals surface area contributed by atoms with Crippen LogP contribution in [-0.2, 0) is 6.42 Å². The van der Waals surface area contributed by atoms with Gasteiger partial charge in [0, 0.05) is 32.7 Å². The minimum atomic E-state index is 0.695. The van der Waals surface area contributed by atoms with E-state index in [0.717, 1.165) is 55.1 Å². The van der Waals surface area contributed by atoms with Crippen molar-refractivity contribution in [3.05, 3.63) is 54.1 Å². The van der Waals surface area contributed by atoms with Gasteiger partial charge in [0.05, 0.1) is 10.2 Å². The average molecular weight is 338 g/mol. The Balaban J connectivity index is 1.36. The van der Waals surface area contributed by atoms with Crippen LogP contribution in [0.25, 0.3) is 10.2 Å². The van der Waals surface area contributed by atoms with Gasteiger partial charge in [0.2, 0.25) is 0 Å². The third-order valence-corrected chi connectivity index (χ3v) is 5.18. The van der Waals surface area contributed by atoms with Gasteiger partial charge in [-0.2, -0.15) is 0 Å². The summed E-state index contributed by atoms with van der Waals surface area (Å²) in [5, 5.41) is 5.08. The third kappa shape index (κ3) is 3.75. The van der Waals surface area contributed by atoms with Crippen molar-refractivity contribution in [2.45, 2.75) is 6.42 Å². The Bertz CT molecular complexity index is 761. The number of benzene rings is 2. The van der Waals surface area contributed by atoms with Crippen molar-refractivity contribution in [2.75, 3.05) is 32.7 Å². The zero-order valence-corrected chi connectivity index (χ0v) is 14.3. The SMILES string of the molecule is c1ccc2sc(Oc3ccc(CCN4CC[N]CC4)cc3)nc2c1. The summed E-state index contributed by atoms with van der Waals surface area (Å²) in [5.74, 6) is 0.842. The van der Waals surface area contributed by atoms with E-state index in [4.69, 9.17) is 4.74 Å². The Hall–Kier alpha value is -1.95. The molecule has 1 aromatic heterocycles. The molecule has 0 aliphatic carbocycles. The molecule has 1 fully saturated rings. The van der Waals surface area contributed by atoms with Crippen LogP contribution in [0.4, 0.5) is 0 Å². The van der Waals surface area contributed by atoms with Crippen molar-refractivity contribution in [1.82, 2.24) is 15.2 Å². The van der Waals surface area contributed by atoms with E-state index in [1.54, 1.807) is 11.3 Å². The van der Waals surface area contributed by atoms with Gasteiger partial charge < -0.3 is 9.64 Å². The molecule has 2 aromatic carbocycles. The second kappa shape index (κ2) is 7.30. The summed E-state index contributed by atoms with van der Waals surface area (Å²) in [4.78, 5) is 6.99. The van der Waals surface area contributed by atoms with Crippen LogP contribution in [0.5, 0.6) is 10.9 Å². The fraction of sp³-hybridized carbons (Fsp3) is 0.316. The lowest BCUT2D eigenvalue weighted by molar-refractivity contribution is 0.241. The molecule has 1 radical (unpaired) electrons. The first-order valence-corrected chi connectivity index (χ1v) is 9.16. The minimum absolute atomic E-state index is 0.695. The van der Waals surface area contributed by atoms with Crippen molar-refractivity contribution < 1.29 is 4.74 Å². The van der Waals surface area contributed by atoms with Gasteiger partial charge in [-0.3, -0.25) is 0 Å². The molecule has 0 unspecified atom stereocenters. The van der Waals surface area contributed by atoms with Gasteiger partial charge in [0.1, 0.15) is 5.75 Å². The molecule has 3 aromatic rings. The van der Waals surface area contributed by atoms with Gasteiger partial charge in [-0.15, -0.1) is 0 Å². The Morgan fingerprint density at radius 3 is 2.58 bits per heavy atom. The van der Waals surface area contributed by atoms with Gasteiger partial charge in [0.25, 0.3) is 5.19 Å². The Kier molecular flexibility index (Phi) is 4.74. The molecule has 4 nitrogen and oxygen atoms in total. The summed E-state index contributed by atoms with van der Waals surface area (Å²) < 4.78 is 7.05. The lowest BCUT2D eigenvalue weighted by Crippen LogP contribution is -2.41. The van der Waals surface area contributed by atoms with E-state index in [0.29, 0.717) is 5.19 Å². The molecule has 0 saturated carbocycles. The Labute approximate surface area is 146 Å². The van der Waals surface area contributed by atoms with E-state index in [-0.39, 0.29) is 0 Å². The molecule has 0 amide bonds. The molecule has 2 heterocycles. The van der Waals surface area contributed by atoms with Crippen LogP contribution in [0, 0.1) is 0 Å². The summed E-state index contributed by atoms with van der Waals surface area (Å²) in [5.41, 5.74) is 2.33. The molecule has 0 N–H and O–H groups in total. The van der Waals surface area contributed by atoms with Gasteiger partial charge in [-0.25, -0.2) is 10.3 Å². The van der Waals surface area contributed by atoms with Crippen LogP contribution >= 0.6 is 11.3 Å². The monoisotopic (exact) mass is 338 g/mol. The second-order valence-corrected chi connectivity index (χ2v) is 6.95. The molecule has 123 valence electrons. The number of hydrogen-bond acceptors (Lipinski definition) is 4. The molecule has 0 atom stereocenters. The van der Waals surface area contributed by atoms with Crippen LogP contribution in [-0.4, -0.2) is 42.6 Å². The zero-order valence-electron chi connectivity index (χ0n) is 13.5. The maximum absolute atomic E-state index is 5.90. The highest BCUT2D eigenvalue weighted by Crippen LogP contribution is 2.31. The van der Waals surface area contributed by atoms with Crippen LogP contribution in [0.2, 0.25) is 0 Å². The molecule has 24 heavy (non-hydrogen) atoms. The Morgan fingerprint density at radius 1 is 1.00 bits per heavy atom. The normalized spacial score (nSPS) is 15.7. The summed E-state index contributed by atoms with van der Waals surface area (Å²) in [7, 11) is 0. The maximum Gasteiger partial charge on any atom is 0.279 e. The fourth-order valence-electron chi connectivity index (χ4n) is 2.88. The number of thiazole rings is 1. The van der Waals surface area contributed by atoms with Gasteiger partial charge in [-0.05, 0) is 36.2 Å². The first-order valence-electron chi connectivity index (χ1n) is 8.35. The van der Waals surface area contributed by atoms with Gasteiger partial charge in [-0.1, -0.05) is 35.6 Å². The van der Waals surface area contributed by atoms with Crippen molar-refractivity contribution in [3.63, 3.8) is 0 Å². The number of rotatable bonds is 5. The molecule has 1 aliphatic heterocycles. The van der Waals surface area contributed by atoms with Crippen LogP contribution < -0.4 is 10.1 Å². The van der Waals surface area contributed by atoms with Gasteiger partial charge >= 0.3 is 0 Å². The molecule has 5 heteroatoms. The summed E-state index contributed by atoms with van der Waals surface area (Å²) in [6, 6.07) is 16.5. The van der Waals surface area contributed by atoms with Crippen LogP contribution in [0.3, 0.4) is 0 Å². The van der Waals surface area contributed by atoms with Crippen LogP contribution in [0.15, 0.2) is 48.5 Å². The van der Waals surface area contributed by atoms with E-state index >= 15 is 0 Å². The van der Waals surface area contributed by atoms with Crippen molar-refractivity contribution in [1.29, 1.82) is 0 Å². The lowest BCUT2D eigenvalue weighted by Gasteiger charge is -2.26. The molecule has 4 rings (SSSR count). The molecular weight excluding hydrogens is 318 g/mol. The van der Waals surface area contributed by atoms with E-state index in [9.17, 15) is 0 Å². The molecule has 1 aliphatic rings. The maximum atomic E-state index is 5.90.